The molecule has 122 valence electrons. The molecule has 2 aliphatic rings. The Morgan fingerprint density at radius 1 is 1.19 bits per heavy atom. The summed E-state index contributed by atoms with van der Waals surface area (Å²) < 4.78 is 0. The molecule has 0 aromatic heterocycles. The van der Waals surface area contributed by atoms with Crippen LogP contribution in [0.3, 0.4) is 0 Å². The van der Waals surface area contributed by atoms with Crippen LogP contribution >= 0.6 is 0 Å². The van der Waals surface area contributed by atoms with Gasteiger partial charge in [0, 0.05) is 19.6 Å². The highest BCUT2D eigenvalue weighted by Crippen LogP contribution is 2.25. The molecule has 0 radical (unpaired) electrons. The van der Waals surface area contributed by atoms with Crippen molar-refractivity contribution in [1.29, 1.82) is 0 Å². The number of hydrogen-bond donors (Lipinski definition) is 1. The quantitative estimate of drug-likeness (QED) is 0.862. The van der Waals surface area contributed by atoms with E-state index in [-0.39, 0.29) is 12.0 Å². The van der Waals surface area contributed by atoms with Crippen molar-refractivity contribution in [3.8, 4) is 0 Å². The minimum Gasteiger partial charge on any atom is -0.393 e. The lowest BCUT2D eigenvalue weighted by Gasteiger charge is -2.36. The predicted octanol–water partition coefficient (Wildman–Crippen LogP) is 1.97. The molecule has 4 nitrogen and oxygen atoms in total. The van der Waals surface area contributed by atoms with E-state index in [1.165, 1.54) is 12.8 Å². The first-order valence-corrected chi connectivity index (χ1v) is 8.60. The Morgan fingerprint density at radius 2 is 1.81 bits per heavy atom. The standard InChI is InChI=1S/C17H32N2O2/c1-13-8-14(2)10-19(9-13)17(21)12-18(3)11-15-6-4-5-7-16(15)20/h13-16,20H,4-12H2,1-3H3. The van der Waals surface area contributed by atoms with Crippen LogP contribution in [-0.2, 0) is 4.79 Å². The Morgan fingerprint density at radius 3 is 2.43 bits per heavy atom. The van der Waals surface area contributed by atoms with Crippen LogP contribution in [0.5, 0.6) is 0 Å². The van der Waals surface area contributed by atoms with E-state index in [0.29, 0.717) is 24.3 Å². The zero-order valence-electron chi connectivity index (χ0n) is 13.9. The van der Waals surface area contributed by atoms with Gasteiger partial charge in [-0.25, -0.2) is 0 Å². The summed E-state index contributed by atoms with van der Waals surface area (Å²) in [4.78, 5) is 16.6. The summed E-state index contributed by atoms with van der Waals surface area (Å²) in [6.45, 7) is 7.61. The number of nitrogens with zero attached hydrogens (tertiary/aromatic N) is 2. The van der Waals surface area contributed by atoms with Crippen molar-refractivity contribution in [2.24, 2.45) is 17.8 Å². The highest BCUT2D eigenvalue weighted by Gasteiger charge is 2.28. The lowest BCUT2D eigenvalue weighted by Crippen LogP contribution is -2.47. The fraction of sp³-hybridized carbons (Fsp3) is 0.941. The van der Waals surface area contributed by atoms with Crippen molar-refractivity contribution in [3.05, 3.63) is 0 Å². The maximum absolute atomic E-state index is 12.4. The van der Waals surface area contributed by atoms with Gasteiger partial charge in [-0.15, -0.1) is 0 Å². The number of rotatable bonds is 4. The molecule has 0 spiro atoms. The normalized spacial score (nSPS) is 34.2. The maximum atomic E-state index is 12.4. The zero-order chi connectivity index (χ0) is 15.4. The number of aliphatic hydroxyl groups excluding tert-OH is 1. The summed E-state index contributed by atoms with van der Waals surface area (Å²) in [5, 5.41) is 10.0. The van der Waals surface area contributed by atoms with E-state index in [0.717, 1.165) is 38.9 Å². The maximum Gasteiger partial charge on any atom is 0.236 e. The Labute approximate surface area is 129 Å². The van der Waals surface area contributed by atoms with Gasteiger partial charge in [0.15, 0.2) is 0 Å². The number of hydrogen-bond acceptors (Lipinski definition) is 3. The number of piperidine rings is 1. The molecule has 1 aliphatic carbocycles. The Kier molecular flexibility index (Phi) is 6.06. The molecule has 4 atom stereocenters. The Balaban J connectivity index is 1.78. The van der Waals surface area contributed by atoms with Crippen LogP contribution in [0.1, 0.15) is 46.0 Å². The van der Waals surface area contributed by atoms with Crippen LogP contribution in [0.2, 0.25) is 0 Å². The molecule has 1 aliphatic heterocycles. The number of carbonyl (C=O) groups excluding carboxylic acids is 1. The van der Waals surface area contributed by atoms with Crippen molar-refractivity contribution in [1.82, 2.24) is 9.80 Å². The lowest BCUT2D eigenvalue weighted by molar-refractivity contribution is -0.135. The van der Waals surface area contributed by atoms with Crippen molar-refractivity contribution >= 4 is 5.91 Å². The fourth-order valence-electron chi connectivity index (χ4n) is 4.06. The highest BCUT2D eigenvalue weighted by atomic mass is 16.3. The summed E-state index contributed by atoms with van der Waals surface area (Å²) in [5.41, 5.74) is 0. The molecule has 1 heterocycles. The van der Waals surface area contributed by atoms with Gasteiger partial charge in [0.1, 0.15) is 0 Å². The van der Waals surface area contributed by atoms with Gasteiger partial charge in [0.05, 0.1) is 12.6 Å². The van der Waals surface area contributed by atoms with Gasteiger partial charge in [-0.3, -0.25) is 9.69 Å². The van der Waals surface area contributed by atoms with Crippen LogP contribution in [0.4, 0.5) is 0 Å². The molecule has 1 amide bonds. The molecule has 2 fully saturated rings. The molecule has 0 aromatic carbocycles. The summed E-state index contributed by atoms with van der Waals surface area (Å²) in [6.07, 6.45) is 5.43. The van der Waals surface area contributed by atoms with E-state index in [9.17, 15) is 9.90 Å². The first-order chi connectivity index (χ1) is 9.95. The van der Waals surface area contributed by atoms with Crippen LogP contribution < -0.4 is 0 Å². The molecule has 1 saturated heterocycles. The second-order valence-electron chi connectivity index (χ2n) is 7.55. The van der Waals surface area contributed by atoms with Gasteiger partial charge < -0.3 is 10.0 Å². The number of likely N-dealkylation sites (tertiary alicyclic amines) is 1. The van der Waals surface area contributed by atoms with E-state index in [2.05, 4.69) is 18.7 Å². The molecular formula is C17H32N2O2. The van der Waals surface area contributed by atoms with Crippen molar-refractivity contribution in [2.45, 2.75) is 52.1 Å². The van der Waals surface area contributed by atoms with Crippen LogP contribution in [0.25, 0.3) is 0 Å². The topological polar surface area (TPSA) is 43.8 Å². The van der Waals surface area contributed by atoms with E-state index in [1.807, 2.05) is 11.9 Å². The molecule has 1 saturated carbocycles. The molecule has 4 heteroatoms. The van der Waals surface area contributed by atoms with Gasteiger partial charge in [0.25, 0.3) is 0 Å². The first-order valence-electron chi connectivity index (χ1n) is 8.60. The molecule has 0 aromatic rings. The van der Waals surface area contributed by atoms with Gasteiger partial charge >= 0.3 is 0 Å². The molecule has 0 bridgehead atoms. The van der Waals surface area contributed by atoms with Gasteiger partial charge in [-0.05, 0) is 44.1 Å². The van der Waals surface area contributed by atoms with Crippen LogP contribution in [0.15, 0.2) is 0 Å². The Hall–Kier alpha value is -0.610. The monoisotopic (exact) mass is 296 g/mol. The highest BCUT2D eigenvalue weighted by molar-refractivity contribution is 5.78. The second kappa shape index (κ2) is 7.59. The number of likely N-dealkylation sites (N-methyl/N-ethyl adjacent to an activating group) is 1. The zero-order valence-corrected chi connectivity index (χ0v) is 13.9. The minimum atomic E-state index is -0.175. The van der Waals surface area contributed by atoms with Gasteiger partial charge in [0.2, 0.25) is 5.91 Å². The molecule has 2 rings (SSSR count). The molecule has 1 N–H and O–H groups in total. The smallest absolute Gasteiger partial charge is 0.236 e. The van der Waals surface area contributed by atoms with Crippen molar-refractivity contribution in [3.63, 3.8) is 0 Å². The van der Waals surface area contributed by atoms with Crippen molar-refractivity contribution in [2.75, 3.05) is 33.2 Å². The van der Waals surface area contributed by atoms with E-state index in [4.69, 9.17) is 0 Å². The SMILES string of the molecule is CC1CC(C)CN(C(=O)CN(C)CC2CCCCC2O)C1. The van der Waals surface area contributed by atoms with Crippen LogP contribution in [0, 0.1) is 17.8 Å². The molecule has 21 heavy (non-hydrogen) atoms. The predicted molar refractivity (Wildman–Crippen MR) is 85.0 cm³/mol. The van der Waals surface area contributed by atoms with Gasteiger partial charge in [-0.2, -0.15) is 0 Å². The average Bonchev–Trinajstić information content (AvgIpc) is 2.40. The van der Waals surface area contributed by atoms with Crippen molar-refractivity contribution < 1.29 is 9.90 Å². The third-order valence-electron chi connectivity index (χ3n) is 5.04. The van der Waals surface area contributed by atoms with Crippen LogP contribution in [-0.4, -0.2) is 60.1 Å². The van der Waals surface area contributed by atoms with E-state index < -0.39 is 0 Å². The Bertz CT molecular complexity index is 338. The summed E-state index contributed by atoms with van der Waals surface area (Å²) >= 11 is 0. The first kappa shape index (κ1) is 16.8. The number of aliphatic hydroxyl groups is 1. The average molecular weight is 296 g/mol. The minimum absolute atomic E-state index is 0.175. The van der Waals surface area contributed by atoms with E-state index >= 15 is 0 Å². The summed E-state index contributed by atoms with van der Waals surface area (Å²) in [7, 11) is 2.01. The van der Waals surface area contributed by atoms with Gasteiger partial charge in [-0.1, -0.05) is 26.7 Å². The van der Waals surface area contributed by atoms with E-state index in [1.54, 1.807) is 0 Å². The lowest BCUT2D eigenvalue weighted by atomic mass is 9.86. The number of carbonyl (C=O) groups is 1. The largest absolute Gasteiger partial charge is 0.393 e. The third kappa shape index (κ3) is 4.96. The third-order valence-corrected chi connectivity index (χ3v) is 5.04. The number of amides is 1. The second-order valence-corrected chi connectivity index (χ2v) is 7.55. The molecular weight excluding hydrogens is 264 g/mol. The summed E-state index contributed by atoms with van der Waals surface area (Å²) in [6, 6.07) is 0. The molecule has 4 unspecified atom stereocenters. The summed E-state index contributed by atoms with van der Waals surface area (Å²) in [5.74, 6) is 1.82. The fourth-order valence-corrected chi connectivity index (χ4v) is 4.06.